The van der Waals surface area contributed by atoms with Gasteiger partial charge >= 0.3 is 0 Å². The van der Waals surface area contributed by atoms with Gasteiger partial charge in [-0.25, -0.2) is 0 Å². The summed E-state index contributed by atoms with van der Waals surface area (Å²) in [4.78, 5) is 0. The van der Waals surface area contributed by atoms with E-state index in [9.17, 15) is 0 Å². The zero-order valence-corrected chi connectivity index (χ0v) is 10.9. The van der Waals surface area contributed by atoms with Gasteiger partial charge < -0.3 is 4.74 Å². The molecule has 94 valence electrons. The molecule has 0 radical (unpaired) electrons. The van der Waals surface area contributed by atoms with E-state index in [4.69, 9.17) is 4.74 Å². The van der Waals surface area contributed by atoms with E-state index in [2.05, 4.69) is 31.2 Å². The summed E-state index contributed by atoms with van der Waals surface area (Å²) in [5, 5.41) is 0. The first-order chi connectivity index (χ1) is 8.84. The van der Waals surface area contributed by atoms with Gasteiger partial charge in [-0.05, 0) is 43.9 Å². The van der Waals surface area contributed by atoms with Gasteiger partial charge in [0.2, 0.25) is 0 Å². The summed E-state index contributed by atoms with van der Waals surface area (Å²) in [6.07, 6.45) is 3.41. The molecule has 1 nitrogen and oxygen atoms in total. The molecule has 0 aliphatic carbocycles. The van der Waals surface area contributed by atoms with Crippen LogP contribution in [0.5, 0.6) is 5.75 Å². The predicted octanol–water partition coefficient (Wildman–Crippen LogP) is 4.40. The second-order valence-corrected chi connectivity index (χ2v) is 4.60. The highest BCUT2D eigenvalue weighted by Gasteiger charge is 1.95. The summed E-state index contributed by atoms with van der Waals surface area (Å²) in [7, 11) is 0. The first kappa shape index (κ1) is 12.7. The van der Waals surface area contributed by atoms with Crippen molar-refractivity contribution in [2.75, 3.05) is 6.61 Å². The third-order valence-electron chi connectivity index (χ3n) is 2.99. The molecule has 0 saturated carbocycles. The maximum atomic E-state index is 5.66. The van der Waals surface area contributed by atoms with Crippen molar-refractivity contribution in [3.8, 4) is 5.75 Å². The van der Waals surface area contributed by atoms with Crippen molar-refractivity contribution < 1.29 is 4.74 Å². The van der Waals surface area contributed by atoms with Crippen LogP contribution in [0.2, 0.25) is 0 Å². The molecular weight excluding hydrogens is 220 g/mol. The minimum absolute atomic E-state index is 0.801. The Bertz CT molecular complexity index is 445. The van der Waals surface area contributed by atoms with Crippen LogP contribution in [0.15, 0.2) is 54.6 Å². The molecule has 0 aliphatic heterocycles. The summed E-state index contributed by atoms with van der Waals surface area (Å²) < 4.78 is 5.66. The Morgan fingerprint density at radius 1 is 0.833 bits per heavy atom. The molecule has 2 aromatic carbocycles. The molecule has 0 amide bonds. The van der Waals surface area contributed by atoms with Gasteiger partial charge in [-0.1, -0.05) is 48.0 Å². The first-order valence-corrected chi connectivity index (χ1v) is 6.58. The number of ether oxygens (including phenoxy) is 1. The Morgan fingerprint density at radius 3 is 2.28 bits per heavy atom. The van der Waals surface area contributed by atoms with Gasteiger partial charge in [-0.15, -0.1) is 0 Å². The summed E-state index contributed by atoms with van der Waals surface area (Å²) >= 11 is 0. The van der Waals surface area contributed by atoms with E-state index in [1.54, 1.807) is 0 Å². The molecule has 0 fully saturated rings. The van der Waals surface area contributed by atoms with E-state index in [1.807, 2.05) is 30.3 Å². The highest BCUT2D eigenvalue weighted by Crippen LogP contribution is 2.10. The molecule has 0 N–H and O–H groups in total. The zero-order valence-electron chi connectivity index (χ0n) is 10.9. The van der Waals surface area contributed by atoms with Crippen LogP contribution in [-0.2, 0) is 6.42 Å². The van der Waals surface area contributed by atoms with Crippen molar-refractivity contribution in [1.29, 1.82) is 0 Å². The average Bonchev–Trinajstić information content (AvgIpc) is 2.42. The summed E-state index contributed by atoms with van der Waals surface area (Å²) in [5.74, 6) is 0.966. The lowest BCUT2D eigenvalue weighted by molar-refractivity contribution is 0.307. The molecular formula is C17H20O. The zero-order chi connectivity index (χ0) is 12.6. The van der Waals surface area contributed by atoms with Gasteiger partial charge in [0.15, 0.2) is 0 Å². The van der Waals surface area contributed by atoms with Crippen LogP contribution in [0.25, 0.3) is 0 Å². The highest BCUT2D eigenvalue weighted by atomic mass is 16.5. The van der Waals surface area contributed by atoms with Crippen molar-refractivity contribution in [2.45, 2.75) is 26.2 Å². The van der Waals surface area contributed by atoms with Crippen LogP contribution in [0.1, 0.15) is 24.0 Å². The minimum atomic E-state index is 0.801. The SMILES string of the molecule is Cc1ccc(CCCCOc2ccccc2)cc1. The molecule has 0 bridgehead atoms. The normalized spacial score (nSPS) is 10.3. The van der Waals surface area contributed by atoms with Crippen molar-refractivity contribution in [2.24, 2.45) is 0 Å². The van der Waals surface area contributed by atoms with E-state index < -0.39 is 0 Å². The standard InChI is InChI=1S/C17H20O/c1-15-10-12-16(13-11-15)7-5-6-14-18-17-8-3-2-4-9-17/h2-4,8-13H,5-7,14H2,1H3. The fraction of sp³-hybridized carbons (Fsp3) is 0.294. The summed E-state index contributed by atoms with van der Waals surface area (Å²) in [6, 6.07) is 18.8. The van der Waals surface area contributed by atoms with Crippen LogP contribution in [0, 0.1) is 6.92 Å². The van der Waals surface area contributed by atoms with Crippen molar-refractivity contribution >= 4 is 0 Å². The molecule has 18 heavy (non-hydrogen) atoms. The molecule has 0 saturated heterocycles. The van der Waals surface area contributed by atoms with E-state index >= 15 is 0 Å². The van der Waals surface area contributed by atoms with E-state index in [0.717, 1.165) is 25.2 Å². The van der Waals surface area contributed by atoms with Gasteiger partial charge in [0, 0.05) is 0 Å². The van der Waals surface area contributed by atoms with Gasteiger partial charge in [0.05, 0.1) is 6.61 Å². The topological polar surface area (TPSA) is 9.23 Å². The molecule has 0 aliphatic rings. The lowest BCUT2D eigenvalue weighted by Gasteiger charge is -2.06. The quantitative estimate of drug-likeness (QED) is 0.680. The maximum absolute atomic E-state index is 5.66. The first-order valence-electron chi connectivity index (χ1n) is 6.58. The number of unbranched alkanes of at least 4 members (excludes halogenated alkanes) is 1. The maximum Gasteiger partial charge on any atom is 0.119 e. The number of hydrogen-bond donors (Lipinski definition) is 0. The van der Waals surface area contributed by atoms with Crippen molar-refractivity contribution in [3.63, 3.8) is 0 Å². The van der Waals surface area contributed by atoms with Crippen LogP contribution in [0.3, 0.4) is 0 Å². The smallest absolute Gasteiger partial charge is 0.119 e. The average molecular weight is 240 g/mol. The molecule has 0 unspecified atom stereocenters. The third-order valence-corrected chi connectivity index (χ3v) is 2.99. The second-order valence-electron chi connectivity index (χ2n) is 4.60. The Morgan fingerprint density at radius 2 is 1.56 bits per heavy atom. The number of hydrogen-bond acceptors (Lipinski definition) is 1. The van der Waals surface area contributed by atoms with Crippen LogP contribution in [0.4, 0.5) is 0 Å². The Balaban J connectivity index is 1.63. The third kappa shape index (κ3) is 4.25. The fourth-order valence-corrected chi connectivity index (χ4v) is 1.89. The van der Waals surface area contributed by atoms with E-state index in [1.165, 1.54) is 17.5 Å². The molecule has 0 heterocycles. The molecule has 0 atom stereocenters. The second kappa shape index (κ2) is 6.85. The van der Waals surface area contributed by atoms with Crippen LogP contribution < -0.4 is 4.74 Å². The Kier molecular flexibility index (Phi) is 4.83. The monoisotopic (exact) mass is 240 g/mol. The van der Waals surface area contributed by atoms with Gasteiger partial charge in [0.25, 0.3) is 0 Å². The van der Waals surface area contributed by atoms with Crippen LogP contribution >= 0.6 is 0 Å². The Hall–Kier alpha value is -1.76. The predicted molar refractivity (Wildman–Crippen MR) is 76.1 cm³/mol. The minimum Gasteiger partial charge on any atom is -0.494 e. The number of aryl methyl sites for hydroxylation is 2. The summed E-state index contributed by atoms with van der Waals surface area (Å²) in [5.41, 5.74) is 2.74. The Labute approximate surface area is 109 Å². The molecule has 2 aromatic rings. The molecule has 0 aromatic heterocycles. The molecule has 0 spiro atoms. The van der Waals surface area contributed by atoms with E-state index in [0.29, 0.717) is 0 Å². The fourth-order valence-electron chi connectivity index (χ4n) is 1.89. The number of benzene rings is 2. The van der Waals surface area contributed by atoms with E-state index in [-0.39, 0.29) is 0 Å². The van der Waals surface area contributed by atoms with Gasteiger partial charge in [-0.2, -0.15) is 0 Å². The summed E-state index contributed by atoms with van der Waals surface area (Å²) in [6.45, 7) is 2.92. The van der Waals surface area contributed by atoms with Gasteiger partial charge in [-0.3, -0.25) is 0 Å². The molecule has 2 rings (SSSR count). The number of rotatable bonds is 6. The molecule has 1 heteroatoms. The van der Waals surface area contributed by atoms with Gasteiger partial charge in [0.1, 0.15) is 5.75 Å². The van der Waals surface area contributed by atoms with Crippen molar-refractivity contribution in [1.82, 2.24) is 0 Å². The van der Waals surface area contributed by atoms with Crippen molar-refractivity contribution in [3.05, 3.63) is 65.7 Å². The largest absolute Gasteiger partial charge is 0.494 e. The number of para-hydroxylation sites is 1. The lowest BCUT2D eigenvalue weighted by Crippen LogP contribution is -1.98. The lowest BCUT2D eigenvalue weighted by atomic mass is 10.1. The highest BCUT2D eigenvalue weighted by molar-refractivity contribution is 5.21. The van der Waals surface area contributed by atoms with Crippen LogP contribution in [-0.4, -0.2) is 6.61 Å².